The predicted molar refractivity (Wildman–Crippen MR) is 56.0 cm³/mol. The number of tetrazole rings is 1. The van der Waals surface area contributed by atoms with Crippen molar-refractivity contribution in [1.29, 1.82) is 0 Å². The maximum atomic E-state index is 5.58. The number of pyridine rings is 1. The fraction of sp³-hybridized carbons (Fsp3) is 0.143. The van der Waals surface area contributed by atoms with E-state index >= 15 is 0 Å². The fourth-order valence-corrected chi connectivity index (χ4v) is 1.64. The van der Waals surface area contributed by atoms with Crippen LogP contribution in [-0.4, -0.2) is 25.2 Å². The highest BCUT2D eigenvalue weighted by atomic mass is 32.2. The van der Waals surface area contributed by atoms with Crippen LogP contribution in [0.1, 0.15) is 0 Å². The Balaban J connectivity index is 2.25. The van der Waals surface area contributed by atoms with Crippen LogP contribution in [0.25, 0.3) is 0 Å². The van der Waals surface area contributed by atoms with Crippen molar-refractivity contribution >= 4 is 23.3 Å². The maximum absolute atomic E-state index is 5.58. The van der Waals surface area contributed by atoms with Crippen LogP contribution in [0, 0.1) is 0 Å². The number of nitrogens with two attached hydrogens (primary N) is 2. The zero-order valence-electron chi connectivity index (χ0n) is 7.95. The lowest BCUT2D eigenvalue weighted by atomic mass is 10.4. The highest BCUT2D eigenvalue weighted by molar-refractivity contribution is 7.99. The minimum atomic E-state index is 0.315. The Morgan fingerprint density at radius 1 is 1.33 bits per heavy atom. The van der Waals surface area contributed by atoms with Gasteiger partial charge in [0.1, 0.15) is 10.8 Å². The molecule has 0 aliphatic rings. The lowest BCUT2D eigenvalue weighted by Gasteiger charge is -2.01. The van der Waals surface area contributed by atoms with Crippen molar-refractivity contribution in [2.75, 3.05) is 11.5 Å². The van der Waals surface area contributed by atoms with Crippen LogP contribution in [0.5, 0.6) is 0 Å². The molecular formula is C7H9N7S. The fourth-order valence-electron chi connectivity index (χ4n) is 0.925. The Kier molecular flexibility index (Phi) is 2.42. The summed E-state index contributed by atoms with van der Waals surface area (Å²) in [5.74, 6) is 0.315. The summed E-state index contributed by atoms with van der Waals surface area (Å²) in [4.78, 5) is 4.10. The second-order valence-corrected chi connectivity index (χ2v) is 3.80. The summed E-state index contributed by atoms with van der Waals surface area (Å²) in [5.41, 5.74) is 11.6. The van der Waals surface area contributed by atoms with Crippen molar-refractivity contribution in [3.05, 3.63) is 12.1 Å². The van der Waals surface area contributed by atoms with Crippen LogP contribution in [-0.2, 0) is 7.05 Å². The van der Waals surface area contributed by atoms with Gasteiger partial charge in [-0.3, -0.25) is 0 Å². The summed E-state index contributed by atoms with van der Waals surface area (Å²) in [7, 11) is 1.75. The lowest BCUT2D eigenvalue weighted by molar-refractivity contribution is 0.664. The number of nitrogen functional groups attached to an aromatic ring is 2. The van der Waals surface area contributed by atoms with E-state index < -0.39 is 0 Å². The molecule has 7 nitrogen and oxygen atoms in total. The molecule has 0 bridgehead atoms. The average molecular weight is 223 g/mol. The van der Waals surface area contributed by atoms with Crippen molar-refractivity contribution in [3.63, 3.8) is 0 Å². The van der Waals surface area contributed by atoms with Gasteiger partial charge in [0.15, 0.2) is 0 Å². The number of anilines is 2. The minimum Gasteiger partial charge on any atom is -0.396 e. The molecule has 0 saturated heterocycles. The molecule has 78 valence electrons. The molecule has 0 fully saturated rings. The standard InChI is InChI=1S/C7H9N7S/c1-14-7(11-12-13-14)15-5-3-2-4(8)6(9)10-5/h2-3H,8H2,1H3,(H2,9,10). The number of rotatable bonds is 2. The van der Waals surface area contributed by atoms with Gasteiger partial charge < -0.3 is 11.5 Å². The molecule has 15 heavy (non-hydrogen) atoms. The summed E-state index contributed by atoms with van der Waals surface area (Å²) >= 11 is 1.32. The Morgan fingerprint density at radius 3 is 2.73 bits per heavy atom. The summed E-state index contributed by atoms with van der Waals surface area (Å²) in [5, 5.41) is 12.4. The van der Waals surface area contributed by atoms with Crippen molar-refractivity contribution in [1.82, 2.24) is 25.2 Å². The molecule has 2 rings (SSSR count). The molecule has 2 aromatic heterocycles. The van der Waals surface area contributed by atoms with E-state index in [4.69, 9.17) is 11.5 Å². The molecule has 0 amide bonds. The van der Waals surface area contributed by atoms with Crippen LogP contribution in [0.15, 0.2) is 22.3 Å². The zero-order valence-corrected chi connectivity index (χ0v) is 8.77. The normalized spacial score (nSPS) is 10.5. The van der Waals surface area contributed by atoms with Gasteiger partial charge in [-0.1, -0.05) is 0 Å². The zero-order chi connectivity index (χ0) is 10.8. The van der Waals surface area contributed by atoms with Gasteiger partial charge in [0.25, 0.3) is 0 Å². The van der Waals surface area contributed by atoms with Gasteiger partial charge in [0.05, 0.1) is 5.69 Å². The lowest BCUT2D eigenvalue weighted by Crippen LogP contribution is -1.99. The van der Waals surface area contributed by atoms with Gasteiger partial charge in [-0.25, -0.2) is 9.67 Å². The van der Waals surface area contributed by atoms with Crippen molar-refractivity contribution in [2.45, 2.75) is 10.2 Å². The van der Waals surface area contributed by atoms with Crippen molar-refractivity contribution < 1.29 is 0 Å². The largest absolute Gasteiger partial charge is 0.396 e. The molecule has 0 unspecified atom stereocenters. The second kappa shape index (κ2) is 3.73. The molecular weight excluding hydrogens is 214 g/mol. The third-order valence-corrected chi connectivity index (χ3v) is 2.67. The van der Waals surface area contributed by atoms with Crippen LogP contribution >= 0.6 is 11.8 Å². The van der Waals surface area contributed by atoms with Gasteiger partial charge in [0, 0.05) is 7.05 Å². The Hall–Kier alpha value is -1.83. The van der Waals surface area contributed by atoms with Crippen LogP contribution in [0.3, 0.4) is 0 Å². The van der Waals surface area contributed by atoms with E-state index in [2.05, 4.69) is 20.5 Å². The molecule has 2 aromatic rings. The first kappa shape index (κ1) is 9.71. The Morgan fingerprint density at radius 2 is 2.13 bits per heavy atom. The van der Waals surface area contributed by atoms with Gasteiger partial charge in [-0.2, -0.15) is 0 Å². The molecule has 0 aliphatic carbocycles. The first-order valence-electron chi connectivity index (χ1n) is 4.09. The Bertz CT molecular complexity index is 480. The van der Waals surface area contributed by atoms with E-state index in [1.807, 2.05) is 0 Å². The first-order valence-corrected chi connectivity index (χ1v) is 4.90. The van der Waals surface area contributed by atoms with Gasteiger partial charge in [-0.15, -0.1) is 5.10 Å². The van der Waals surface area contributed by atoms with E-state index in [1.54, 1.807) is 23.9 Å². The topological polar surface area (TPSA) is 109 Å². The molecule has 8 heteroatoms. The quantitative estimate of drug-likeness (QED) is 0.732. The highest BCUT2D eigenvalue weighted by Gasteiger charge is 2.06. The van der Waals surface area contributed by atoms with E-state index in [9.17, 15) is 0 Å². The molecule has 0 spiro atoms. The monoisotopic (exact) mass is 223 g/mol. The van der Waals surface area contributed by atoms with Crippen LogP contribution < -0.4 is 11.5 Å². The average Bonchev–Trinajstić information content (AvgIpc) is 2.59. The number of aromatic nitrogens is 5. The summed E-state index contributed by atoms with van der Waals surface area (Å²) in [6, 6.07) is 3.47. The highest BCUT2D eigenvalue weighted by Crippen LogP contribution is 2.25. The summed E-state index contributed by atoms with van der Waals surface area (Å²) in [6.07, 6.45) is 0. The van der Waals surface area contributed by atoms with E-state index in [0.717, 1.165) is 0 Å². The van der Waals surface area contributed by atoms with E-state index in [-0.39, 0.29) is 0 Å². The van der Waals surface area contributed by atoms with Gasteiger partial charge in [0.2, 0.25) is 5.16 Å². The minimum absolute atomic E-state index is 0.315. The predicted octanol–water partition coefficient (Wildman–Crippen LogP) is -0.0793. The molecule has 0 aliphatic heterocycles. The van der Waals surface area contributed by atoms with Crippen molar-refractivity contribution in [2.24, 2.45) is 7.05 Å². The Labute approximate surface area is 89.9 Å². The smallest absolute Gasteiger partial charge is 0.215 e. The van der Waals surface area contributed by atoms with E-state index in [1.165, 1.54) is 11.8 Å². The first-order chi connectivity index (χ1) is 7.16. The SMILES string of the molecule is Cn1nnnc1Sc1ccc(N)c(N)n1. The van der Waals surface area contributed by atoms with Crippen LogP contribution in [0.2, 0.25) is 0 Å². The molecule has 0 saturated carbocycles. The summed E-state index contributed by atoms with van der Waals surface area (Å²) in [6.45, 7) is 0. The molecule has 0 atom stereocenters. The summed E-state index contributed by atoms with van der Waals surface area (Å²) < 4.78 is 1.55. The number of hydrogen-bond acceptors (Lipinski definition) is 7. The second-order valence-electron chi connectivity index (χ2n) is 2.81. The number of nitrogens with zero attached hydrogens (tertiary/aromatic N) is 5. The molecule has 4 N–H and O–H groups in total. The van der Waals surface area contributed by atoms with Crippen LogP contribution in [0.4, 0.5) is 11.5 Å². The molecule has 0 radical (unpaired) electrons. The third-order valence-electron chi connectivity index (χ3n) is 1.71. The third kappa shape index (κ3) is 1.99. The number of aryl methyl sites for hydroxylation is 1. The van der Waals surface area contributed by atoms with Crippen molar-refractivity contribution in [3.8, 4) is 0 Å². The number of hydrogen-bond donors (Lipinski definition) is 2. The van der Waals surface area contributed by atoms with E-state index in [0.29, 0.717) is 21.7 Å². The molecule has 0 aromatic carbocycles. The van der Waals surface area contributed by atoms with Gasteiger partial charge >= 0.3 is 0 Å². The van der Waals surface area contributed by atoms with Gasteiger partial charge in [-0.05, 0) is 34.3 Å². The maximum Gasteiger partial charge on any atom is 0.215 e. The molecule has 2 heterocycles.